The Hall–Kier alpha value is -2.29. The summed E-state index contributed by atoms with van der Waals surface area (Å²) in [5.74, 6) is 1.58. The van der Waals surface area contributed by atoms with Crippen molar-refractivity contribution >= 4 is 5.91 Å². The highest BCUT2D eigenvalue weighted by atomic mass is 16.5. The van der Waals surface area contributed by atoms with Crippen molar-refractivity contribution in [3.05, 3.63) is 12.2 Å². The lowest BCUT2D eigenvalue weighted by molar-refractivity contribution is -0.127. The van der Waals surface area contributed by atoms with Crippen LogP contribution in [0.25, 0.3) is 11.6 Å². The van der Waals surface area contributed by atoms with Crippen LogP contribution in [0.1, 0.15) is 32.2 Å². The van der Waals surface area contributed by atoms with Gasteiger partial charge < -0.3 is 15.2 Å². The second-order valence-corrected chi connectivity index (χ2v) is 5.84. The van der Waals surface area contributed by atoms with Crippen LogP contribution in [0.5, 0.6) is 0 Å². The van der Waals surface area contributed by atoms with Gasteiger partial charge in [-0.25, -0.2) is 4.98 Å². The summed E-state index contributed by atoms with van der Waals surface area (Å²) in [4.78, 5) is 20.5. The van der Waals surface area contributed by atoms with Gasteiger partial charge >= 0.3 is 0 Å². The van der Waals surface area contributed by atoms with Crippen LogP contribution in [-0.4, -0.2) is 44.3 Å². The molecule has 9 heteroatoms. The maximum atomic E-state index is 12.2. The van der Waals surface area contributed by atoms with Gasteiger partial charge in [0.1, 0.15) is 12.4 Å². The molecule has 1 atom stereocenters. The minimum Gasteiger partial charge on any atom is -0.344 e. The van der Waals surface area contributed by atoms with Crippen molar-refractivity contribution in [3.8, 4) is 11.6 Å². The lowest BCUT2D eigenvalue weighted by Crippen LogP contribution is -2.51. The molecule has 118 valence electrons. The molecule has 0 aliphatic carbocycles. The highest BCUT2D eigenvalue weighted by Crippen LogP contribution is 2.22. The lowest BCUT2D eigenvalue weighted by Gasteiger charge is -2.28. The maximum absolute atomic E-state index is 12.2. The third-order valence-electron chi connectivity index (χ3n) is 3.54. The molecular weight excluding hydrogens is 286 g/mol. The normalized spacial score (nSPS) is 16.5. The summed E-state index contributed by atoms with van der Waals surface area (Å²) in [6.45, 7) is 5.59. The Morgan fingerprint density at radius 1 is 1.50 bits per heavy atom. The first-order valence-corrected chi connectivity index (χ1v) is 7.34. The van der Waals surface area contributed by atoms with Crippen LogP contribution in [0, 0.1) is 11.8 Å². The number of aromatic amines is 1. The van der Waals surface area contributed by atoms with Gasteiger partial charge in [0.15, 0.2) is 5.82 Å². The van der Waals surface area contributed by atoms with Gasteiger partial charge in [-0.3, -0.25) is 9.89 Å². The van der Waals surface area contributed by atoms with Gasteiger partial charge in [0.2, 0.25) is 17.6 Å². The van der Waals surface area contributed by atoms with Crippen LogP contribution < -0.4 is 10.6 Å². The van der Waals surface area contributed by atoms with E-state index in [1.165, 1.54) is 6.33 Å². The molecule has 1 amide bonds. The minimum atomic E-state index is -0.294. The SMILES string of the molecule is CC(C)CC(NC(=O)C1CNC1)c1nc(-c2ncn[nH]2)no1. The van der Waals surface area contributed by atoms with E-state index in [4.69, 9.17) is 4.52 Å². The predicted molar refractivity (Wildman–Crippen MR) is 76.4 cm³/mol. The van der Waals surface area contributed by atoms with Gasteiger partial charge in [0, 0.05) is 13.1 Å². The summed E-state index contributed by atoms with van der Waals surface area (Å²) >= 11 is 0. The third-order valence-corrected chi connectivity index (χ3v) is 3.54. The van der Waals surface area contributed by atoms with E-state index in [9.17, 15) is 4.79 Å². The fraction of sp³-hybridized carbons (Fsp3) is 0.615. The van der Waals surface area contributed by atoms with Crippen LogP contribution in [0.3, 0.4) is 0 Å². The smallest absolute Gasteiger partial charge is 0.249 e. The van der Waals surface area contributed by atoms with Crippen molar-refractivity contribution < 1.29 is 9.32 Å². The van der Waals surface area contributed by atoms with E-state index in [1.807, 2.05) is 0 Å². The van der Waals surface area contributed by atoms with E-state index in [-0.39, 0.29) is 17.9 Å². The number of nitrogens with zero attached hydrogens (tertiary/aromatic N) is 4. The number of amides is 1. The summed E-state index contributed by atoms with van der Waals surface area (Å²) in [6, 6.07) is -0.294. The first-order valence-electron chi connectivity index (χ1n) is 7.34. The molecule has 0 spiro atoms. The van der Waals surface area contributed by atoms with E-state index in [0.29, 0.717) is 36.5 Å². The van der Waals surface area contributed by atoms with Gasteiger partial charge in [-0.15, -0.1) is 0 Å². The lowest BCUT2D eigenvalue weighted by atomic mass is 9.99. The van der Waals surface area contributed by atoms with Crippen LogP contribution in [0.2, 0.25) is 0 Å². The molecule has 0 saturated carbocycles. The number of aromatic nitrogens is 5. The predicted octanol–water partition coefficient (Wildman–Crippen LogP) is 0.278. The van der Waals surface area contributed by atoms with Crippen molar-refractivity contribution in [2.75, 3.05) is 13.1 Å². The Labute approximate surface area is 127 Å². The highest BCUT2D eigenvalue weighted by Gasteiger charge is 2.29. The molecule has 1 aliphatic heterocycles. The molecule has 3 heterocycles. The maximum Gasteiger partial charge on any atom is 0.249 e. The van der Waals surface area contributed by atoms with E-state index < -0.39 is 0 Å². The Morgan fingerprint density at radius 3 is 2.91 bits per heavy atom. The summed E-state index contributed by atoms with van der Waals surface area (Å²) in [7, 11) is 0. The van der Waals surface area contributed by atoms with E-state index in [1.54, 1.807) is 0 Å². The van der Waals surface area contributed by atoms with Crippen LogP contribution in [-0.2, 0) is 4.79 Å². The van der Waals surface area contributed by atoms with Gasteiger partial charge in [-0.1, -0.05) is 19.0 Å². The van der Waals surface area contributed by atoms with Crippen molar-refractivity contribution in [1.82, 2.24) is 36.0 Å². The average Bonchev–Trinajstić information content (AvgIpc) is 3.06. The standard InChI is InChI=1S/C13H19N7O2/c1-7(2)3-9(17-12(21)8-4-14-5-8)13-18-11(20-22-13)10-15-6-16-19-10/h6-9,14H,3-5H2,1-2H3,(H,17,21)(H,15,16,19). The minimum absolute atomic E-state index is 0.0174. The zero-order chi connectivity index (χ0) is 15.5. The van der Waals surface area contributed by atoms with Gasteiger partial charge in [-0.05, 0) is 12.3 Å². The van der Waals surface area contributed by atoms with Gasteiger partial charge in [0.05, 0.1) is 5.92 Å². The Kier molecular flexibility index (Phi) is 4.14. The summed E-state index contributed by atoms with van der Waals surface area (Å²) in [5, 5.41) is 16.4. The molecular formula is C13H19N7O2. The number of carbonyl (C=O) groups excluding carboxylic acids is 1. The van der Waals surface area contributed by atoms with E-state index >= 15 is 0 Å². The average molecular weight is 305 g/mol. The third kappa shape index (κ3) is 3.14. The fourth-order valence-electron chi connectivity index (χ4n) is 2.24. The van der Waals surface area contributed by atoms with Crippen molar-refractivity contribution in [2.45, 2.75) is 26.3 Å². The Bertz CT molecular complexity index is 618. The second kappa shape index (κ2) is 6.22. The number of hydrogen-bond acceptors (Lipinski definition) is 7. The molecule has 1 saturated heterocycles. The first kappa shape index (κ1) is 14.6. The van der Waals surface area contributed by atoms with Gasteiger partial charge in [0.25, 0.3) is 0 Å². The van der Waals surface area contributed by atoms with Crippen LogP contribution in [0.4, 0.5) is 0 Å². The second-order valence-electron chi connectivity index (χ2n) is 5.84. The van der Waals surface area contributed by atoms with Crippen molar-refractivity contribution in [2.24, 2.45) is 11.8 Å². The molecule has 3 rings (SSSR count). The highest BCUT2D eigenvalue weighted by molar-refractivity contribution is 5.80. The summed E-state index contributed by atoms with van der Waals surface area (Å²) in [5.41, 5.74) is 0. The van der Waals surface area contributed by atoms with Crippen molar-refractivity contribution in [1.29, 1.82) is 0 Å². The molecule has 3 N–H and O–H groups in total. The molecule has 2 aromatic heterocycles. The number of H-pyrrole nitrogens is 1. The van der Waals surface area contributed by atoms with Crippen LogP contribution in [0.15, 0.2) is 10.9 Å². The number of rotatable bonds is 6. The number of nitrogens with one attached hydrogen (secondary N) is 3. The first-order chi connectivity index (χ1) is 10.6. The number of carbonyl (C=O) groups is 1. The molecule has 22 heavy (non-hydrogen) atoms. The monoisotopic (exact) mass is 305 g/mol. The summed E-state index contributed by atoms with van der Waals surface area (Å²) in [6.07, 6.45) is 2.10. The Balaban J connectivity index is 1.74. The van der Waals surface area contributed by atoms with E-state index in [0.717, 1.165) is 6.42 Å². The molecule has 1 aliphatic rings. The molecule has 0 aromatic carbocycles. The molecule has 0 radical (unpaired) electrons. The quantitative estimate of drug-likeness (QED) is 0.700. The summed E-state index contributed by atoms with van der Waals surface area (Å²) < 4.78 is 5.30. The topological polar surface area (TPSA) is 122 Å². The largest absolute Gasteiger partial charge is 0.344 e. The van der Waals surface area contributed by atoms with Gasteiger partial charge in [-0.2, -0.15) is 10.1 Å². The molecule has 1 unspecified atom stereocenters. The number of hydrogen-bond donors (Lipinski definition) is 3. The zero-order valence-corrected chi connectivity index (χ0v) is 12.5. The Morgan fingerprint density at radius 2 is 2.32 bits per heavy atom. The van der Waals surface area contributed by atoms with Crippen molar-refractivity contribution in [3.63, 3.8) is 0 Å². The fourth-order valence-corrected chi connectivity index (χ4v) is 2.24. The molecule has 9 nitrogen and oxygen atoms in total. The zero-order valence-electron chi connectivity index (χ0n) is 12.5. The van der Waals surface area contributed by atoms with Crippen LogP contribution >= 0.6 is 0 Å². The molecule has 1 fully saturated rings. The molecule has 0 bridgehead atoms. The molecule has 2 aromatic rings. The van der Waals surface area contributed by atoms with E-state index in [2.05, 4.69) is 49.8 Å².